The molecule has 0 radical (unpaired) electrons. The van der Waals surface area contributed by atoms with E-state index in [1.165, 1.54) is 0 Å². The van der Waals surface area contributed by atoms with Crippen molar-refractivity contribution in [3.05, 3.63) is 34.3 Å². The summed E-state index contributed by atoms with van der Waals surface area (Å²) < 4.78 is 0. The largest absolute Gasteiger partial charge is 0.350 e. The molecular formula is C14H21ClN2O. The first-order valence-corrected chi connectivity index (χ1v) is 6.62. The highest BCUT2D eigenvalue weighted by molar-refractivity contribution is 6.31. The van der Waals surface area contributed by atoms with E-state index in [2.05, 4.69) is 5.32 Å². The highest BCUT2D eigenvalue weighted by atomic mass is 35.5. The Hall–Kier alpha value is -1.06. The van der Waals surface area contributed by atoms with E-state index in [1.807, 2.05) is 32.9 Å². The van der Waals surface area contributed by atoms with Crippen LogP contribution >= 0.6 is 11.6 Å². The van der Waals surface area contributed by atoms with Crippen molar-refractivity contribution in [3.8, 4) is 0 Å². The monoisotopic (exact) mass is 268 g/mol. The lowest BCUT2D eigenvalue weighted by Gasteiger charge is -2.26. The zero-order valence-corrected chi connectivity index (χ0v) is 12.0. The van der Waals surface area contributed by atoms with Crippen molar-refractivity contribution in [2.75, 3.05) is 6.54 Å². The van der Waals surface area contributed by atoms with E-state index in [1.54, 1.807) is 6.07 Å². The van der Waals surface area contributed by atoms with E-state index >= 15 is 0 Å². The Bertz CT molecular complexity index is 408. The van der Waals surface area contributed by atoms with Gasteiger partial charge in [-0.1, -0.05) is 25.4 Å². The molecule has 0 bridgehead atoms. The molecule has 1 rings (SSSR count). The summed E-state index contributed by atoms with van der Waals surface area (Å²) in [4.78, 5) is 12.0. The summed E-state index contributed by atoms with van der Waals surface area (Å²) in [7, 11) is 0. The fourth-order valence-corrected chi connectivity index (χ4v) is 2.02. The van der Waals surface area contributed by atoms with Gasteiger partial charge in [0.05, 0.1) is 0 Å². The first-order chi connectivity index (χ1) is 8.40. The molecule has 0 saturated carbocycles. The number of hydrogen-bond donors (Lipinski definition) is 2. The third-order valence-electron chi connectivity index (χ3n) is 3.31. The van der Waals surface area contributed by atoms with E-state index in [9.17, 15) is 4.79 Å². The number of nitrogens with two attached hydrogens (primary N) is 1. The van der Waals surface area contributed by atoms with Crippen LogP contribution < -0.4 is 11.1 Å². The molecule has 0 saturated heterocycles. The molecule has 3 nitrogen and oxygen atoms in total. The second-order valence-electron chi connectivity index (χ2n) is 4.77. The van der Waals surface area contributed by atoms with Crippen molar-refractivity contribution in [1.29, 1.82) is 0 Å². The summed E-state index contributed by atoms with van der Waals surface area (Å²) in [5.41, 5.74) is 7.36. The van der Waals surface area contributed by atoms with Gasteiger partial charge in [-0.15, -0.1) is 0 Å². The van der Waals surface area contributed by atoms with Gasteiger partial charge in [-0.3, -0.25) is 4.79 Å². The SMILES string of the molecule is CCC(N)(CC)CNC(=O)c1cc(C)cc(Cl)c1. The second-order valence-corrected chi connectivity index (χ2v) is 5.21. The first-order valence-electron chi connectivity index (χ1n) is 6.24. The lowest BCUT2D eigenvalue weighted by atomic mass is 9.94. The summed E-state index contributed by atoms with van der Waals surface area (Å²) >= 11 is 5.93. The number of carbonyl (C=O) groups excluding carboxylic acids is 1. The summed E-state index contributed by atoms with van der Waals surface area (Å²) in [6, 6.07) is 5.31. The fraction of sp³-hybridized carbons (Fsp3) is 0.500. The van der Waals surface area contributed by atoms with Gasteiger partial charge >= 0.3 is 0 Å². The number of carbonyl (C=O) groups is 1. The number of rotatable bonds is 5. The molecule has 0 heterocycles. The van der Waals surface area contributed by atoms with Crippen molar-refractivity contribution in [2.45, 2.75) is 39.2 Å². The van der Waals surface area contributed by atoms with E-state index in [4.69, 9.17) is 17.3 Å². The molecular weight excluding hydrogens is 248 g/mol. The number of aryl methyl sites for hydroxylation is 1. The highest BCUT2D eigenvalue weighted by Gasteiger charge is 2.21. The molecule has 4 heteroatoms. The third-order valence-corrected chi connectivity index (χ3v) is 3.53. The maximum Gasteiger partial charge on any atom is 0.251 e. The molecule has 0 spiro atoms. The number of halogens is 1. The number of nitrogens with one attached hydrogen (secondary N) is 1. The minimum atomic E-state index is -0.330. The topological polar surface area (TPSA) is 55.1 Å². The lowest BCUT2D eigenvalue weighted by molar-refractivity contribution is 0.0942. The van der Waals surface area contributed by atoms with Crippen LogP contribution in [0.5, 0.6) is 0 Å². The fourth-order valence-electron chi connectivity index (χ4n) is 1.73. The number of hydrogen-bond acceptors (Lipinski definition) is 2. The van der Waals surface area contributed by atoms with Crippen LogP contribution in [0.3, 0.4) is 0 Å². The van der Waals surface area contributed by atoms with Crippen LogP contribution in [0.15, 0.2) is 18.2 Å². The quantitative estimate of drug-likeness (QED) is 0.863. The van der Waals surface area contributed by atoms with Gasteiger partial charge in [0.1, 0.15) is 0 Å². The Morgan fingerprint density at radius 1 is 1.33 bits per heavy atom. The predicted octanol–water partition coefficient (Wildman–Crippen LogP) is 2.90. The van der Waals surface area contributed by atoms with Crippen molar-refractivity contribution < 1.29 is 4.79 Å². The molecule has 1 aromatic carbocycles. The Kier molecular flexibility index (Phi) is 5.17. The molecule has 0 unspecified atom stereocenters. The summed E-state index contributed by atoms with van der Waals surface area (Å²) in [6.45, 7) is 6.44. The summed E-state index contributed by atoms with van der Waals surface area (Å²) in [6.07, 6.45) is 1.66. The molecule has 0 fully saturated rings. The zero-order valence-electron chi connectivity index (χ0n) is 11.2. The van der Waals surface area contributed by atoms with Crippen LogP contribution in [-0.2, 0) is 0 Å². The van der Waals surface area contributed by atoms with Crippen molar-refractivity contribution in [3.63, 3.8) is 0 Å². The molecule has 1 aromatic rings. The molecule has 0 aliphatic carbocycles. The zero-order chi connectivity index (χ0) is 13.8. The van der Waals surface area contributed by atoms with Crippen molar-refractivity contribution in [1.82, 2.24) is 5.32 Å². The highest BCUT2D eigenvalue weighted by Crippen LogP contribution is 2.15. The van der Waals surface area contributed by atoms with Crippen LogP contribution in [0.25, 0.3) is 0 Å². The van der Waals surface area contributed by atoms with E-state index in [0.717, 1.165) is 18.4 Å². The lowest BCUT2D eigenvalue weighted by Crippen LogP contribution is -2.49. The second kappa shape index (κ2) is 6.21. The Balaban J connectivity index is 2.71. The third kappa shape index (κ3) is 4.00. The van der Waals surface area contributed by atoms with Gasteiger partial charge in [0.25, 0.3) is 5.91 Å². The molecule has 1 amide bonds. The van der Waals surface area contributed by atoms with Gasteiger partial charge in [-0.2, -0.15) is 0 Å². The van der Waals surface area contributed by atoms with Gasteiger partial charge in [-0.05, 0) is 43.5 Å². The van der Waals surface area contributed by atoms with Crippen LogP contribution in [0.2, 0.25) is 5.02 Å². The van der Waals surface area contributed by atoms with Crippen LogP contribution in [0.4, 0.5) is 0 Å². The molecule has 0 aromatic heterocycles. The molecule has 0 aliphatic rings. The van der Waals surface area contributed by atoms with Crippen LogP contribution in [0, 0.1) is 6.92 Å². The average molecular weight is 269 g/mol. The normalized spacial score (nSPS) is 11.4. The molecule has 100 valence electrons. The Morgan fingerprint density at radius 3 is 2.44 bits per heavy atom. The smallest absolute Gasteiger partial charge is 0.251 e. The minimum absolute atomic E-state index is 0.127. The Labute approximate surface area is 114 Å². The van der Waals surface area contributed by atoms with Gasteiger partial charge < -0.3 is 11.1 Å². The molecule has 0 atom stereocenters. The van der Waals surface area contributed by atoms with Crippen LogP contribution in [-0.4, -0.2) is 18.0 Å². The Morgan fingerprint density at radius 2 is 1.94 bits per heavy atom. The van der Waals surface area contributed by atoms with E-state index in [0.29, 0.717) is 17.1 Å². The number of amides is 1. The van der Waals surface area contributed by atoms with Crippen LogP contribution in [0.1, 0.15) is 42.6 Å². The van der Waals surface area contributed by atoms with Crippen molar-refractivity contribution >= 4 is 17.5 Å². The van der Waals surface area contributed by atoms with Gasteiger partial charge in [0.15, 0.2) is 0 Å². The van der Waals surface area contributed by atoms with E-state index in [-0.39, 0.29) is 11.4 Å². The van der Waals surface area contributed by atoms with E-state index < -0.39 is 0 Å². The van der Waals surface area contributed by atoms with Gasteiger partial charge in [0, 0.05) is 22.7 Å². The summed E-state index contributed by atoms with van der Waals surface area (Å²) in [5, 5.41) is 3.45. The average Bonchev–Trinajstić information content (AvgIpc) is 2.34. The maximum atomic E-state index is 12.0. The summed E-state index contributed by atoms with van der Waals surface area (Å²) in [5.74, 6) is -0.127. The predicted molar refractivity (Wildman–Crippen MR) is 76.0 cm³/mol. The minimum Gasteiger partial charge on any atom is -0.350 e. The van der Waals surface area contributed by atoms with Gasteiger partial charge in [0.2, 0.25) is 0 Å². The standard InChI is InChI=1S/C14H21ClN2O/c1-4-14(16,5-2)9-17-13(18)11-6-10(3)7-12(15)8-11/h6-8H,4-5,9,16H2,1-3H3,(H,17,18). The first kappa shape index (κ1) is 15.0. The van der Waals surface area contributed by atoms with Crippen molar-refractivity contribution in [2.24, 2.45) is 5.73 Å². The molecule has 3 N–H and O–H groups in total. The van der Waals surface area contributed by atoms with Gasteiger partial charge in [-0.25, -0.2) is 0 Å². The molecule has 18 heavy (non-hydrogen) atoms. The number of benzene rings is 1. The molecule has 0 aliphatic heterocycles. The maximum absolute atomic E-state index is 12.0.